The second-order valence-corrected chi connectivity index (χ2v) is 11.1. The van der Waals surface area contributed by atoms with Gasteiger partial charge in [0.1, 0.15) is 0 Å². The Morgan fingerprint density at radius 2 is 1.97 bits per heavy atom. The fraction of sp³-hybridized carbons (Fsp3) is 0.548. The van der Waals surface area contributed by atoms with E-state index in [1.54, 1.807) is 0 Å². The molecule has 4 rings (SSSR count). The lowest BCUT2D eigenvalue weighted by atomic mass is 9.61. The predicted octanol–water partition coefficient (Wildman–Crippen LogP) is 6.49. The maximum absolute atomic E-state index is 10.2. The van der Waals surface area contributed by atoms with Crippen molar-refractivity contribution in [3.05, 3.63) is 77.9 Å². The van der Waals surface area contributed by atoms with E-state index in [0.29, 0.717) is 42.6 Å². The predicted molar refractivity (Wildman–Crippen MR) is 140 cm³/mol. The Morgan fingerprint density at radius 3 is 2.74 bits per heavy atom. The van der Waals surface area contributed by atoms with Crippen LogP contribution in [0.15, 0.2) is 72.4 Å². The Bertz CT molecular complexity index is 943. The molecule has 184 valence electrons. The highest BCUT2D eigenvalue weighted by Gasteiger charge is 2.50. The first-order valence-corrected chi connectivity index (χ1v) is 13.1. The second-order valence-electron chi connectivity index (χ2n) is 11.1. The molecule has 3 aliphatic carbocycles. The molecule has 0 amide bonds. The zero-order valence-corrected chi connectivity index (χ0v) is 21.0. The van der Waals surface area contributed by atoms with E-state index in [2.05, 4.69) is 51.3 Å². The van der Waals surface area contributed by atoms with Crippen LogP contribution in [-0.2, 0) is 4.74 Å². The zero-order valence-electron chi connectivity index (χ0n) is 21.0. The molecule has 3 heteroatoms. The van der Waals surface area contributed by atoms with Crippen molar-refractivity contribution in [2.45, 2.75) is 71.0 Å². The molecule has 1 aromatic carbocycles. The van der Waals surface area contributed by atoms with E-state index < -0.39 is 12.2 Å². The number of aliphatic hydroxyl groups is 2. The quantitative estimate of drug-likeness (QED) is 0.487. The third-order valence-electron chi connectivity index (χ3n) is 8.83. The Labute approximate surface area is 205 Å². The van der Waals surface area contributed by atoms with E-state index in [0.717, 1.165) is 35.3 Å². The molecule has 0 aliphatic heterocycles. The topological polar surface area (TPSA) is 49.7 Å². The van der Waals surface area contributed by atoms with Gasteiger partial charge in [0.2, 0.25) is 0 Å². The third-order valence-corrected chi connectivity index (χ3v) is 8.83. The molecule has 0 aromatic heterocycles. The molecule has 2 N–H and O–H groups in total. The summed E-state index contributed by atoms with van der Waals surface area (Å²) in [6.45, 7) is 14.5. The summed E-state index contributed by atoms with van der Waals surface area (Å²) < 4.78 is 6.15. The number of hydrogen-bond acceptors (Lipinski definition) is 3. The van der Waals surface area contributed by atoms with E-state index in [1.165, 1.54) is 31.3 Å². The van der Waals surface area contributed by atoms with Crippen LogP contribution in [0.1, 0.15) is 64.4 Å². The van der Waals surface area contributed by atoms with Gasteiger partial charge in [-0.25, -0.2) is 0 Å². The minimum absolute atomic E-state index is 0.310. The van der Waals surface area contributed by atoms with Gasteiger partial charge in [-0.15, -0.1) is 0 Å². The lowest BCUT2D eigenvalue weighted by molar-refractivity contribution is 0.0445. The molecule has 6 atom stereocenters. The second kappa shape index (κ2) is 10.8. The van der Waals surface area contributed by atoms with Crippen molar-refractivity contribution < 1.29 is 14.9 Å². The number of allylic oxidation sites excluding steroid dienone is 3. The summed E-state index contributed by atoms with van der Waals surface area (Å²) in [6.07, 6.45) is 10.5. The number of aliphatic hydroxyl groups excluding tert-OH is 2. The maximum atomic E-state index is 10.2. The van der Waals surface area contributed by atoms with Crippen molar-refractivity contribution >= 4 is 5.57 Å². The van der Waals surface area contributed by atoms with Crippen molar-refractivity contribution in [2.24, 2.45) is 23.2 Å². The zero-order chi connectivity index (χ0) is 24.3. The summed E-state index contributed by atoms with van der Waals surface area (Å²) >= 11 is 0. The minimum atomic E-state index is -0.625. The van der Waals surface area contributed by atoms with E-state index in [-0.39, 0.29) is 0 Å². The van der Waals surface area contributed by atoms with Crippen LogP contribution in [0.5, 0.6) is 0 Å². The van der Waals surface area contributed by atoms with Gasteiger partial charge in [-0.1, -0.05) is 75.1 Å². The molecule has 1 aromatic rings. The van der Waals surface area contributed by atoms with Gasteiger partial charge in [0.15, 0.2) is 0 Å². The first kappa shape index (κ1) is 25.2. The van der Waals surface area contributed by atoms with E-state index >= 15 is 0 Å². The summed E-state index contributed by atoms with van der Waals surface area (Å²) in [5.41, 5.74) is 5.81. The molecule has 0 radical (unpaired) electrons. The summed E-state index contributed by atoms with van der Waals surface area (Å²) in [5, 5.41) is 20.3. The lowest BCUT2D eigenvalue weighted by Gasteiger charge is -2.44. The van der Waals surface area contributed by atoms with E-state index in [1.807, 2.05) is 18.2 Å². The molecule has 3 fully saturated rings. The molecule has 0 bridgehead atoms. The van der Waals surface area contributed by atoms with Crippen molar-refractivity contribution in [3.8, 4) is 0 Å². The van der Waals surface area contributed by atoms with Crippen LogP contribution in [0.25, 0.3) is 5.57 Å². The highest BCUT2D eigenvalue weighted by Crippen LogP contribution is 2.59. The first-order valence-electron chi connectivity index (χ1n) is 13.1. The number of fused-ring (bicyclic) bond motifs is 1. The SMILES string of the molecule is C=C(COC[C@@H](C)[C@H]1CC[C@H]2/C(=C/C=C3/C[C@@H](O)C[C@H](O)C3=C)CCC[C@]12C)c1ccccc1. The molecule has 0 unspecified atom stereocenters. The van der Waals surface area contributed by atoms with Crippen LogP contribution in [0.4, 0.5) is 0 Å². The largest absolute Gasteiger partial charge is 0.393 e. The van der Waals surface area contributed by atoms with Gasteiger partial charge in [-0.05, 0) is 84.0 Å². The smallest absolute Gasteiger partial charge is 0.0811 e. The van der Waals surface area contributed by atoms with Gasteiger partial charge in [0.25, 0.3) is 0 Å². The third kappa shape index (κ3) is 5.32. The average molecular weight is 463 g/mol. The summed E-state index contributed by atoms with van der Waals surface area (Å²) in [4.78, 5) is 0. The van der Waals surface area contributed by atoms with Crippen molar-refractivity contribution in [3.63, 3.8) is 0 Å². The van der Waals surface area contributed by atoms with Crippen molar-refractivity contribution in [1.29, 1.82) is 0 Å². The van der Waals surface area contributed by atoms with Crippen LogP contribution in [0, 0.1) is 23.2 Å². The fourth-order valence-electron chi connectivity index (χ4n) is 6.92. The molecule has 0 saturated heterocycles. The Balaban J connectivity index is 1.39. The van der Waals surface area contributed by atoms with Gasteiger partial charge in [0, 0.05) is 13.0 Å². The molecule has 0 spiro atoms. The van der Waals surface area contributed by atoms with Crippen LogP contribution < -0.4 is 0 Å². The minimum Gasteiger partial charge on any atom is -0.393 e. The molecular formula is C31H42O3. The fourth-order valence-corrected chi connectivity index (χ4v) is 6.92. The highest BCUT2D eigenvalue weighted by atomic mass is 16.5. The molecule has 3 aliphatic rings. The number of hydrogen-bond donors (Lipinski definition) is 2. The van der Waals surface area contributed by atoms with Gasteiger partial charge in [-0.2, -0.15) is 0 Å². The van der Waals surface area contributed by atoms with Crippen molar-refractivity contribution in [1.82, 2.24) is 0 Å². The normalized spacial score (nSPS) is 34.9. The Kier molecular flexibility index (Phi) is 7.97. The van der Waals surface area contributed by atoms with Crippen LogP contribution in [-0.4, -0.2) is 35.6 Å². The molecule has 0 heterocycles. The number of benzene rings is 1. The van der Waals surface area contributed by atoms with E-state index in [9.17, 15) is 10.2 Å². The highest BCUT2D eigenvalue weighted by molar-refractivity contribution is 5.63. The lowest BCUT2D eigenvalue weighted by Crippen LogP contribution is -2.37. The van der Waals surface area contributed by atoms with Gasteiger partial charge in [-0.3, -0.25) is 0 Å². The Hall–Kier alpha value is -1.94. The monoisotopic (exact) mass is 462 g/mol. The molecule has 3 nitrogen and oxygen atoms in total. The summed E-state index contributed by atoms with van der Waals surface area (Å²) in [5.74, 6) is 1.78. The standard InChI is InChI=1S/C31H42O3/c1-21(24-9-6-5-7-10-24)19-34-20-22(2)28-14-15-29-25(11-8-16-31(28,29)4)12-13-26-17-27(32)18-30(33)23(26)3/h5-7,9-10,12-13,22,27-30,32-33H,1,3,8,11,14-20H2,2,4H3/b25-12+,26-13-/t22-,27-,28-,29+,30+,31-/m1/s1. The summed E-state index contributed by atoms with van der Waals surface area (Å²) in [6, 6.07) is 10.3. The first-order chi connectivity index (χ1) is 16.3. The van der Waals surface area contributed by atoms with Crippen LogP contribution in [0.2, 0.25) is 0 Å². The Morgan fingerprint density at radius 1 is 1.21 bits per heavy atom. The van der Waals surface area contributed by atoms with Crippen molar-refractivity contribution in [2.75, 3.05) is 13.2 Å². The molecular weight excluding hydrogens is 420 g/mol. The van der Waals surface area contributed by atoms with Gasteiger partial charge in [0.05, 0.1) is 18.8 Å². The van der Waals surface area contributed by atoms with Gasteiger partial charge < -0.3 is 14.9 Å². The summed E-state index contributed by atoms with van der Waals surface area (Å²) in [7, 11) is 0. The van der Waals surface area contributed by atoms with E-state index in [4.69, 9.17) is 4.74 Å². The average Bonchev–Trinajstić information content (AvgIpc) is 3.18. The maximum Gasteiger partial charge on any atom is 0.0811 e. The number of ether oxygens (including phenoxy) is 1. The molecule has 34 heavy (non-hydrogen) atoms. The number of rotatable bonds is 7. The van der Waals surface area contributed by atoms with Crippen LogP contribution in [0.3, 0.4) is 0 Å². The van der Waals surface area contributed by atoms with Crippen LogP contribution >= 0.6 is 0 Å². The van der Waals surface area contributed by atoms with Gasteiger partial charge >= 0.3 is 0 Å². The molecule has 3 saturated carbocycles.